The molecule has 0 atom stereocenters. The minimum Gasteiger partial charge on any atom is -0.382 e. The van der Waals surface area contributed by atoms with Gasteiger partial charge in [0.1, 0.15) is 0 Å². The maximum Gasteiger partial charge on any atom is 0.0708 e. The van der Waals surface area contributed by atoms with E-state index in [0.29, 0.717) is 26.4 Å². The number of hydrogen-bond donors (Lipinski definition) is 1. The first-order valence-electron chi connectivity index (χ1n) is 6.74. The van der Waals surface area contributed by atoms with Crippen molar-refractivity contribution < 1.29 is 14.2 Å². The lowest BCUT2D eigenvalue weighted by Gasteiger charge is -2.42. The van der Waals surface area contributed by atoms with Gasteiger partial charge in [-0.2, -0.15) is 0 Å². The summed E-state index contributed by atoms with van der Waals surface area (Å²) in [7, 11) is 1.68. The largest absolute Gasteiger partial charge is 0.382 e. The van der Waals surface area contributed by atoms with E-state index in [1.807, 2.05) is 0 Å². The molecule has 0 aromatic carbocycles. The number of rotatable bonds is 11. The monoisotopic (exact) mass is 245 g/mol. The van der Waals surface area contributed by atoms with Crippen LogP contribution in [-0.4, -0.2) is 52.2 Å². The van der Waals surface area contributed by atoms with Crippen LogP contribution in [0.25, 0.3) is 0 Å². The second-order valence-corrected chi connectivity index (χ2v) is 4.59. The van der Waals surface area contributed by atoms with Crippen LogP contribution in [0.1, 0.15) is 32.6 Å². The van der Waals surface area contributed by atoms with E-state index in [-0.39, 0.29) is 5.60 Å². The fourth-order valence-corrected chi connectivity index (χ4v) is 2.09. The highest BCUT2D eigenvalue weighted by atomic mass is 16.5. The molecule has 0 aromatic heterocycles. The highest BCUT2D eigenvalue weighted by Crippen LogP contribution is 2.38. The van der Waals surface area contributed by atoms with Gasteiger partial charge in [-0.25, -0.2) is 0 Å². The lowest BCUT2D eigenvalue weighted by Crippen LogP contribution is -2.43. The van der Waals surface area contributed by atoms with Gasteiger partial charge in [0.2, 0.25) is 0 Å². The van der Waals surface area contributed by atoms with Crippen LogP contribution in [0.4, 0.5) is 0 Å². The maximum absolute atomic E-state index is 5.99. The summed E-state index contributed by atoms with van der Waals surface area (Å²) < 4.78 is 16.3. The molecule has 0 saturated heterocycles. The van der Waals surface area contributed by atoms with Crippen molar-refractivity contribution in [2.75, 3.05) is 46.6 Å². The molecule has 1 aliphatic carbocycles. The lowest BCUT2D eigenvalue weighted by atomic mass is 9.77. The lowest BCUT2D eigenvalue weighted by molar-refractivity contribution is -0.119. The first kappa shape index (κ1) is 14.9. The number of methoxy groups -OCH3 is 1. The van der Waals surface area contributed by atoms with Crippen molar-refractivity contribution in [3.8, 4) is 0 Å². The predicted molar refractivity (Wildman–Crippen MR) is 68.4 cm³/mol. The Kier molecular flexibility index (Phi) is 7.77. The first-order chi connectivity index (χ1) is 8.33. The summed E-state index contributed by atoms with van der Waals surface area (Å²) in [6.07, 6.45) is 4.84. The zero-order valence-corrected chi connectivity index (χ0v) is 11.3. The zero-order chi connectivity index (χ0) is 12.4. The van der Waals surface area contributed by atoms with E-state index in [1.165, 1.54) is 19.3 Å². The average Bonchev–Trinajstić information content (AvgIpc) is 2.29. The van der Waals surface area contributed by atoms with E-state index in [0.717, 1.165) is 19.5 Å². The van der Waals surface area contributed by atoms with Crippen molar-refractivity contribution in [3.05, 3.63) is 0 Å². The van der Waals surface area contributed by atoms with Gasteiger partial charge < -0.3 is 19.5 Å². The van der Waals surface area contributed by atoms with Crippen molar-refractivity contribution >= 4 is 0 Å². The van der Waals surface area contributed by atoms with Crippen LogP contribution in [-0.2, 0) is 14.2 Å². The molecule has 17 heavy (non-hydrogen) atoms. The van der Waals surface area contributed by atoms with Crippen molar-refractivity contribution in [3.63, 3.8) is 0 Å². The molecule has 0 amide bonds. The minimum absolute atomic E-state index is 0.146. The Labute approximate surface area is 105 Å². The van der Waals surface area contributed by atoms with Crippen LogP contribution in [0.15, 0.2) is 0 Å². The SMILES string of the molecule is CCNCCC1(OCCOCCOC)CCC1. The van der Waals surface area contributed by atoms with E-state index < -0.39 is 0 Å². The van der Waals surface area contributed by atoms with Crippen LogP contribution < -0.4 is 5.32 Å². The molecule has 0 aromatic rings. The van der Waals surface area contributed by atoms with E-state index in [1.54, 1.807) is 7.11 Å². The molecule has 102 valence electrons. The molecule has 0 aliphatic heterocycles. The molecule has 4 nitrogen and oxygen atoms in total. The van der Waals surface area contributed by atoms with Gasteiger partial charge >= 0.3 is 0 Å². The average molecular weight is 245 g/mol. The Hall–Kier alpha value is -0.160. The smallest absolute Gasteiger partial charge is 0.0708 e. The van der Waals surface area contributed by atoms with Crippen LogP contribution >= 0.6 is 0 Å². The summed E-state index contributed by atoms with van der Waals surface area (Å²) >= 11 is 0. The molecule has 0 radical (unpaired) electrons. The van der Waals surface area contributed by atoms with Gasteiger partial charge in [0, 0.05) is 7.11 Å². The highest BCUT2D eigenvalue weighted by Gasteiger charge is 2.37. The van der Waals surface area contributed by atoms with Crippen LogP contribution in [0, 0.1) is 0 Å². The predicted octanol–water partition coefficient (Wildman–Crippen LogP) is 1.59. The molecule has 0 unspecified atom stereocenters. The van der Waals surface area contributed by atoms with Crippen molar-refractivity contribution in [1.82, 2.24) is 5.32 Å². The third-order valence-corrected chi connectivity index (χ3v) is 3.34. The normalized spacial score (nSPS) is 18.0. The molecule has 1 fully saturated rings. The quantitative estimate of drug-likeness (QED) is 0.561. The van der Waals surface area contributed by atoms with Gasteiger partial charge in [-0.05, 0) is 38.8 Å². The topological polar surface area (TPSA) is 39.7 Å². The minimum atomic E-state index is 0.146. The molecule has 0 heterocycles. The number of ether oxygens (including phenoxy) is 3. The summed E-state index contributed by atoms with van der Waals surface area (Å²) in [6, 6.07) is 0. The van der Waals surface area contributed by atoms with Gasteiger partial charge in [-0.3, -0.25) is 0 Å². The highest BCUT2D eigenvalue weighted by molar-refractivity contribution is 4.90. The Bertz CT molecular complexity index is 184. The van der Waals surface area contributed by atoms with Gasteiger partial charge in [-0.15, -0.1) is 0 Å². The third kappa shape index (κ3) is 5.82. The summed E-state index contributed by atoms with van der Waals surface area (Å²) in [5.41, 5.74) is 0.146. The van der Waals surface area contributed by atoms with E-state index in [4.69, 9.17) is 14.2 Å². The molecule has 1 aliphatic rings. The van der Waals surface area contributed by atoms with Gasteiger partial charge in [0.05, 0.1) is 32.0 Å². The van der Waals surface area contributed by atoms with Crippen LogP contribution in [0.5, 0.6) is 0 Å². The van der Waals surface area contributed by atoms with Gasteiger partial charge in [0.25, 0.3) is 0 Å². The Morgan fingerprint density at radius 3 is 2.47 bits per heavy atom. The van der Waals surface area contributed by atoms with Crippen LogP contribution in [0.3, 0.4) is 0 Å². The fraction of sp³-hybridized carbons (Fsp3) is 1.00. The number of nitrogens with one attached hydrogen (secondary N) is 1. The Morgan fingerprint density at radius 2 is 1.88 bits per heavy atom. The van der Waals surface area contributed by atoms with Gasteiger partial charge in [-0.1, -0.05) is 6.92 Å². The summed E-state index contributed by atoms with van der Waals surface area (Å²) in [6.45, 7) is 6.92. The van der Waals surface area contributed by atoms with Crippen molar-refractivity contribution in [2.45, 2.75) is 38.2 Å². The van der Waals surface area contributed by atoms with E-state index >= 15 is 0 Å². The van der Waals surface area contributed by atoms with Crippen molar-refractivity contribution in [2.24, 2.45) is 0 Å². The Morgan fingerprint density at radius 1 is 1.12 bits per heavy atom. The summed E-state index contributed by atoms with van der Waals surface area (Å²) in [5, 5.41) is 3.36. The fourth-order valence-electron chi connectivity index (χ4n) is 2.09. The van der Waals surface area contributed by atoms with Crippen LogP contribution in [0.2, 0.25) is 0 Å². The molecule has 4 heteroatoms. The number of hydrogen-bond acceptors (Lipinski definition) is 4. The molecule has 0 spiro atoms. The van der Waals surface area contributed by atoms with Gasteiger partial charge in [0.15, 0.2) is 0 Å². The second-order valence-electron chi connectivity index (χ2n) is 4.59. The molecule has 1 saturated carbocycles. The van der Waals surface area contributed by atoms with Crippen molar-refractivity contribution in [1.29, 1.82) is 0 Å². The molecule has 1 rings (SSSR count). The first-order valence-corrected chi connectivity index (χ1v) is 6.74. The molecule has 0 bridgehead atoms. The Balaban J connectivity index is 2.01. The zero-order valence-electron chi connectivity index (χ0n) is 11.3. The molecule has 1 N–H and O–H groups in total. The second kappa shape index (κ2) is 8.86. The molecular formula is C13H27NO3. The standard InChI is InChI=1S/C13H27NO3/c1-3-14-8-7-13(5-4-6-13)17-12-11-16-10-9-15-2/h14H,3-12H2,1-2H3. The van der Waals surface area contributed by atoms with E-state index in [2.05, 4.69) is 12.2 Å². The maximum atomic E-state index is 5.99. The third-order valence-electron chi connectivity index (χ3n) is 3.34. The summed E-state index contributed by atoms with van der Waals surface area (Å²) in [5.74, 6) is 0. The molecular weight excluding hydrogens is 218 g/mol. The van der Waals surface area contributed by atoms with E-state index in [9.17, 15) is 0 Å². The summed E-state index contributed by atoms with van der Waals surface area (Å²) in [4.78, 5) is 0.